The lowest BCUT2D eigenvalue weighted by Gasteiger charge is -2.40. The van der Waals surface area contributed by atoms with Crippen molar-refractivity contribution in [3.05, 3.63) is 10.4 Å². The van der Waals surface area contributed by atoms with Gasteiger partial charge in [0, 0.05) is 38.8 Å². The molecule has 0 aromatic heterocycles. The number of nitrogens with zero attached hydrogens (tertiary/aromatic N) is 4. The van der Waals surface area contributed by atoms with Crippen LogP contribution in [0.25, 0.3) is 10.4 Å². The van der Waals surface area contributed by atoms with Crippen molar-refractivity contribution in [2.24, 2.45) is 5.11 Å². The number of hydrogen-bond acceptors (Lipinski definition) is 12. The van der Waals surface area contributed by atoms with Gasteiger partial charge in [0.25, 0.3) is 0 Å². The second-order valence-corrected chi connectivity index (χ2v) is 10.5. The number of esters is 4. The summed E-state index contributed by atoms with van der Waals surface area (Å²) in [5.74, 6) is -2.12. The van der Waals surface area contributed by atoms with Gasteiger partial charge in [0.1, 0.15) is 24.4 Å². The van der Waals surface area contributed by atoms with E-state index in [0.29, 0.717) is 19.6 Å². The molecule has 0 amide bonds. The molecule has 0 bridgehead atoms. The van der Waals surface area contributed by atoms with Crippen molar-refractivity contribution in [2.75, 3.05) is 46.0 Å². The van der Waals surface area contributed by atoms with E-state index in [9.17, 15) is 19.2 Å². The lowest BCUT2D eigenvalue weighted by molar-refractivity contribution is -0.233. The molecule has 14 heteroatoms. The molecule has 1 saturated heterocycles. The van der Waals surface area contributed by atoms with Crippen LogP contribution < -0.4 is 0 Å². The largest absolute Gasteiger partial charge is 0.463 e. The Hall–Kier alpha value is -2.93. The molecule has 3 unspecified atom stereocenters. The Bertz CT molecular complexity index is 872. The van der Waals surface area contributed by atoms with E-state index in [4.69, 9.17) is 34.0 Å². The maximum Gasteiger partial charge on any atom is 0.320 e. The summed E-state index contributed by atoms with van der Waals surface area (Å²) in [5, 5.41) is 3.53. The Labute approximate surface area is 235 Å². The van der Waals surface area contributed by atoms with Gasteiger partial charge in [0.2, 0.25) is 0 Å². The highest BCUT2D eigenvalue weighted by Gasteiger charge is 2.46. The van der Waals surface area contributed by atoms with E-state index in [0.717, 1.165) is 25.7 Å². The first-order valence-corrected chi connectivity index (χ1v) is 13.5. The number of carbonyl (C=O) groups is 4. The molecule has 0 aromatic carbocycles. The molecule has 0 radical (unpaired) electrons. The lowest BCUT2D eigenvalue weighted by atomic mass is 9.99. The number of rotatable bonds is 17. The SMILES string of the molecule is CC(=O)OCC1OCC(OCCN(CCCCCCN=[N+]=[N-])CC(=O)OC(C)(C)C)C(OC(C)=O)[C@@H]1OC(C)=O. The van der Waals surface area contributed by atoms with Gasteiger partial charge in [-0.3, -0.25) is 24.1 Å². The van der Waals surface area contributed by atoms with Crippen molar-refractivity contribution in [3.8, 4) is 0 Å². The van der Waals surface area contributed by atoms with E-state index < -0.39 is 47.9 Å². The minimum Gasteiger partial charge on any atom is -0.463 e. The van der Waals surface area contributed by atoms with Gasteiger partial charge in [0.05, 0.1) is 19.8 Å². The Morgan fingerprint density at radius 2 is 1.60 bits per heavy atom. The third kappa shape index (κ3) is 15.6. The molecule has 0 N–H and O–H groups in total. The van der Waals surface area contributed by atoms with Crippen LogP contribution in [-0.4, -0.2) is 105 Å². The Balaban J connectivity index is 2.84. The van der Waals surface area contributed by atoms with Crippen LogP contribution in [0.3, 0.4) is 0 Å². The summed E-state index contributed by atoms with van der Waals surface area (Å²) in [6, 6.07) is 0. The van der Waals surface area contributed by atoms with Gasteiger partial charge in [-0.15, -0.1) is 0 Å². The smallest absolute Gasteiger partial charge is 0.320 e. The van der Waals surface area contributed by atoms with Gasteiger partial charge >= 0.3 is 23.9 Å². The minimum absolute atomic E-state index is 0.00110. The molecule has 0 aromatic rings. The molecule has 0 aliphatic carbocycles. The summed E-state index contributed by atoms with van der Waals surface area (Å²) >= 11 is 0. The minimum atomic E-state index is -1.05. The van der Waals surface area contributed by atoms with Crippen molar-refractivity contribution in [3.63, 3.8) is 0 Å². The average molecular weight is 573 g/mol. The molecule has 0 saturated carbocycles. The second-order valence-electron chi connectivity index (χ2n) is 10.5. The fourth-order valence-corrected chi connectivity index (χ4v) is 4.06. The predicted molar refractivity (Wildman–Crippen MR) is 142 cm³/mol. The highest BCUT2D eigenvalue weighted by Crippen LogP contribution is 2.25. The van der Waals surface area contributed by atoms with Gasteiger partial charge in [0.15, 0.2) is 12.2 Å². The van der Waals surface area contributed by atoms with Crippen LogP contribution in [0.15, 0.2) is 5.11 Å². The number of azide groups is 1. The van der Waals surface area contributed by atoms with Crippen molar-refractivity contribution in [1.82, 2.24) is 4.90 Å². The van der Waals surface area contributed by atoms with Crippen LogP contribution in [0.1, 0.15) is 67.2 Å². The summed E-state index contributed by atoms with van der Waals surface area (Å²) in [7, 11) is 0. The third-order valence-corrected chi connectivity index (χ3v) is 5.64. The van der Waals surface area contributed by atoms with Crippen molar-refractivity contribution < 1.29 is 47.6 Å². The van der Waals surface area contributed by atoms with E-state index in [1.165, 1.54) is 20.8 Å². The van der Waals surface area contributed by atoms with Gasteiger partial charge in [-0.25, -0.2) is 0 Å². The summed E-state index contributed by atoms with van der Waals surface area (Å²) in [6.07, 6.45) is -0.273. The normalized spacial score (nSPS) is 20.8. The highest BCUT2D eigenvalue weighted by atomic mass is 16.6. The zero-order valence-electron chi connectivity index (χ0n) is 24.5. The lowest BCUT2D eigenvalue weighted by Crippen LogP contribution is -2.58. The summed E-state index contributed by atoms with van der Waals surface area (Å²) in [4.78, 5) is 52.1. The van der Waals surface area contributed by atoms with Gasteiger partial charge in [-0.1, -0.05) is 18.0 Å². The van der Waals surface area contributed by atoms with E-state index in [1.54, 1.807) is 20.8 Å². The monoisotopic (exact) mass is 572 g/mol. The molecule has 1 aliphatic heterocycles. The Morgan fingerprint density at radius 3 is 2.20 bits per heavy atom. The zero-order chi connectivity index (χ0) is 30.1. The molecule has 0 spiro atoms. The molecular formula is C26H44N4O10. The highest BCUT2D eigenvalue weighted by molar-refractivity contribution is 5.72. The van der Waals surface area contributed by atoms with Crippen LogP contribution >= 0.6 is 0 Å². The van der Waals surface area contributed by atoms with Crippen molar-refractivity contribution >= 4 is 23.9 Å². The average Bonchev–Trinajstić information content (AvgIpc) is 2.82. The van der Waals surface area contributed by atoms with Gasteiger partial charge in [-0.2, -0.15) is 0 Å². The summed E-state index contributed by atoms with van der Waals surface area (Å²) < 4.78 is 33.2. The third-order valence-electron chi connectivity index (χ3n) is 5.64. The number of ether oxygens (including phenoxy) is 6. The summed E-state index contributed by atoms with van der Waals surface area (Å²) in [5.41, 5.74) is 7.76. The molecule has 1 heterocycles. The molecule has 14 nitrogen and oxygen atoms in total. The number of unbranched alkanes of at least 4 members (excludes halogenated alkanes) is 3. The van der Waals surface area contributed by atoms with Gasteiger partial charge in [-0.05, 0) is 45.7 Å². The molecule has 4 atom stereocenters. The standard InChI is InChI=1S/C26H44N4O10/c1-18(31)36-16-22-25(39-20(3)33)24(38-19(2)32)21(17-37-22)35-14-13-30(15-23(34)40-26(4,5)6)12-10-8-7-9-11-28-29-27/h21-22,24-25H,7-17H2,1-6H3/t21?,22?,24?,25-/m1/s1. The topological polar surface area (TPSA) is 176 Å². The molecule has 1 fully saturated rings. The molecule has 40 heavy (non-hydrogen) atoms. The summed E-state index contributed by atoms with van der Waals surface area (Å²) in [6.45, 7) is 10.6. The van der Waals surface area contributed by atoms with E-state index in [-0.39, 0.29) is 32.3 Å². The number of hydrogen-bond donors (Lipinski definition) is 0. The van der Waals surface area contributed by atoms with Crippen LogP contribution in [0.2, 0.25) is 0 Å². The maximum atomic E-state index is 12.5. The molecule has 1 rings (SSSR count). The second kappa shape index (κ2) is 18.4. The van der Waals surface area contributed by atoms with Gasteiger partial charge < -0.3 is 28.4 Å². The predicted octanol–water partition coefficient (Wildman–Crippen LogP) is 2.71. The quantitative estimate of drug-likeness (QED) is 0.0625. The van der Waals surface area contributed by atoms with E-state index in [2.05, 4.69) is 10.0 Å². The van der Waals surface area contributed by atoms with Crippen LogP contribution in [-0.2, 0) is 47.6 Å². The van der Waals surface area contributed by atoms with Crippen LogP contribution in [0.4, 0.5) is 0 Å². The first-order chi connectivity index (χ1) is 18.8. The maximum absolute atomic E-state index is 12.5. The first-order valence-electron chi connectivity index (χ1n) is 13.5. The first kappa shape index (κ1) is 35.1. The fraction of sp³-hybridized carbons (Fsp3) is 0.846. The van der Waals surface area contributed by atoms with Crippen molar-refractivity contribution in [2.45, 2.75) is 97.2 Å². The molecular weight excluding hydrogens is 528 g/mol. The number of carbonyl (C=O) groups excluding carboxylic acids is 4. The fourth-order valence-electron chi connectivity index (χ4n) is 4.06. The van der Waals surface area contributed by atoms with E-state index >= 15 is 0 Å². The zero-order valence-corrected chi connectivity index (χ0v) is 24.5. The van der Waals surface area contributed by atoms with E-state index in [1.807, 2.05) is 4.90 Å². The molecule has 228 valence electrons. The van der Waals surface area contributed by atoms with Crippen LogP contribution in [0.5, 0.6) is 0 Å². The molecule has 1 aliphatic rings. The van der Waals surface area contributed by atoms with Crippen molar-refractivity contribution in [1.29, 1.82) is 0 Å². The Kier molecular flexibility index (Phi) is 16.2. The Morgan fingerprint density at radius 1 is 0.950 bits per heavy atom. The van der Waals surface area contributed by atoms with Crippen LogP contribution in [0, 0.1) is 0 Å².